The summed E-state index contributed by atoms with van der Waals surface area (Å²) in [5.41, 5.74) is 6.73. The lowest BCUT2D eigenvalue weighted by Crippen LogP contribution is -2.29. The Kier molecular flexibility index (Phi) is 6.65. The van der Waals surface area contributed by atoms with Crippen LogP contribution in [0.3, 0.4) is 0 Å². The van der Waals surface area contributed by atoms with Crippen LogP contribution in [-0.2, 0) is 6.54 Å². The molecule has 2 aromatic heterocycles. The molecule has 1 N–H and O–H groups in total. The Morgan fingerprint density at radius 3 is 2.39 bits per heavy atom. The van der Waals surface area contributed by atoms with Crippen molar-refractivity contribution in [1.29, 1.82) is 0 Å². The molecule has 1 aliphatic heterocycles. The smallest absolute Gasteiger partial charge is 0.170 e. The highest BCUT2D eigenvalue weighted by Crippen LogP contribution is 2.42. The number of pyridine rings is 1. The van der Waals surface area contributed by atoms with E-state index < -0.39 is 0 Å². The van der Waals surface area contributed by atoms with Crippen molar-refractivity contribution in [3.8, 4) is 17.2 Å². The van der Waals surface area contributed by atoms with Crippen molar-refractivity contribution in [1.82, 2.24) is 19.8 Å². The number of benzene rings is 2. The Balaban J connectivity index is 1.59. The number of rotatable bonds is 7. The van der Waals surface area contributed by atoms with Gasteiger partial charge in [-0.05, 0) is 79.7 Å². The van der Waals surface area contributed by atoms with Gasteiger partial charge in [0, 0.05) is 35.9 Å². The van der Waals surface area contributed by atoms with E-state index in [2.05, 4.69) is 70.0 Å². The van der Waals surface area contributed by atoms with E-state index in [1.807, 2.05) is 42.6 Å². The van der Waals surface area contributed by atoms with E-state index in [-0.39, 0.29) is 12.1 Å². The van der Waals surface area contributed by atoms with Crippen LogP contribution in [0.5, 0.6) is 11.5 Å². The first-order chi connectivity index (χ1) is 17.5. The van der Waals surface area contributed by atoms with Crippen LogP contribution in [0.25, 0.3) is 5.69 Å². The molecule has 1 fully saturated rings. The van der Waals surface area contributed by atoms with Crippen molar-refractivity contribution >= 4 is 17.3 Å². The molecule has 0 aliphatic carbocycles. The molecule has 1 aliphatic rings. The van der Waals surface area contributed by atoms with Crippen LogP contribution >= 0.6 is 12.2 Å². The topological polar surface area (TPSA) is 51.5 Å². The van der Waals surface area contributed by atoms with E-state index in [0.717, 1.165) is 44.9 Å². The van der Waals surface area contributed by atoms with E-state index in [9.17, 15) is 0 Å². The maximum atomic E-state index is 5.89. The number of aromatic nitrogens is 2. The number of hydrogen-bond donors (Lipinski definition) is 1. The van der Waals surface area contributed by atoms with Gasteiger partial charge in [0.2, 0.25) is 0 Å². The Morgan fingerprint density at radius 1 is 0.917 bits per heavy atom. The highest BCUT2D eigenvalue weighted by Gasteiger charge is 2.41. The fourth-order valence-electron chi connectivity index (χ4n) is 5.08. The Morgan fingerprint density at radius 2 is 1.69 bits per heavy atom. The Labute approximate surface area is 217 Å². The predicted octanol–water partition coefficient (Wildman–Crippen LogP) is 5.68. The van der Waals surface area contributed by atoms with Gasteiger partial charge >= 0.3 is 0 Å². The van der Waals surface area contributed by atoms with Gasteiger partial charge in [-0.1, -0.05) is 24.3 Å². The van der Waals surface area contributed by atoms with Crippen LogP contribution in [0.1, 0.15) is 40.3 Å². The second-order valence-corrected chi connectivity index (χ2v) is 9.35. The summed E-state index contributed by atoms with van der Waals surface area (Å²) < 4.78 is 13.1. The van der Waals surface area contributed by atoms with Crippen LogP contribution in [-0.4, -0.2) is 33.8 Å². The molecule has 2 aromatic carbocycles. The molecule has 184 valence electrons. The number of ether oxygens (including phenoxy) is 2. The summed E-state index contributed by atoms with van der Waals surface area (Å²) in [7, 11) is 3.37. The molecule has 0 saturated carbocycles. The second-order valence-electron chi connectivity index (χ2n) is 8.97. The van der Waals surface area contributed by atoms with Gasteiger partial charge in [0.1, 0.15) is 11.5 Å². The zero-order valence-electron chi connectivity index (χ0n) is 20.9. The molecule has 0 amide bonds. The van der Waals surface area contributed by atoms with E-state index in [1.165, 1.54) is 5.56 Å². The number of thiocarbonyl (C=S) groups is 1. The average molecular weight is 499 g/mol. The quantitative estimate of drug-likeness (QED) is 0.331. The molecule has 6 nitrogen and oxygen atoms in total. The number of aryl methyl sites for hydroxylation is 1. The summed E-state index contributed by atoms with van der Waals surface area (Å²) in [5.74, 6) is 1.67. The molecular formula is C29H30N4O2S. The first kappa shape index (κ1) is 23.9. The summed E-state index contributed by atoms with van der Waals surface area (Å²) in [4.78, 5) is 6.96. The average Bonchev–Trinajstić information content (AvgIpc) is 3.39. The molecule has 2 atom stereocenters. The van der Waals surface area contributed by atoms with Crippen molar-refractivity contribution in [3.05, 3.63) is 107 Å². The standard InChI is InChI=1S/C29H30N4O2S/c1-19-16-25(20(2)33(19)22-8-7-9-24(17-22)35-4)28-27(26-10-5-6-15-30-26)31-29(36)32(28)18-21-11-13-23(34-3)14-12-21/h5-17,27-28H,18H2,1-4H3,(H,31,36). The molecule has 4 aromatic rings. The molecule has 36 heavy (non-hydrogen) atoms. The monoisotopic (exact) mass is 498 g/mol. The molecule has 5 rings (SSSR count). The van der Waals surface area contributed by atoms with E-state index in [4.69, 9.17) is 21.7 Å². The van der Waals surface area contributed by atoms with E-state index in [1.54, 1.807) is 14.2 Å². The third-order valence-corrected chi connectivity index (χ3v) is 7.16. The van der Waals surface area contributed by atoms with Gasteiger partial charge < -0.3 is 24.3 Å². The van der Waals surface area contributed by atoms with E-state index in [0.29, 0.717) is 6.54 Å². The van der Waals surface area contributed by atoms with Crippen molar-refractivity contribution in [2.45, 2.75) is 32.5 Å². The molecular weight excluding hydrogens is 468 g/mol. The first-order valence-electron chi connectivity index (χ1n) is 11.9. The Hall–Kier alpha value is -3.84. The summed E-state index contributed by atoms with van der Waals surface area (Å²) in [6, 6.07) is 24.5. The number of nitrogens with zero attached hydrogens (tertiary/aromatic N) is 3. The van der Waals surface area contributed by atoms with Gasteiger partial charge in [-0.2, -0.15) is 0 Å². The van der Waals surface area contributed by atoms with Gasteiger partial charge in [-0.3, -0.25) is 4.98 Å². The predicted molar refractivity (Wildman–Crippen MR) is 146 cm³/mol. The molecule has 7 heteroatoms. The van der Waals surface area contributed by atoms with Crippen LogP contribution < -0.4 is 14.8 Å². The van der Waals surface area contributed by atoms with E-state index >= 15 is 0 Å². The second kappa shape index (κ2) is 10.0. The summed E-state index contributed by atoms with van der Waals surface area (Å²) in [6.07, 6.45) is 1.84. The SMILES string of the molecule is COc1ccc(CN2C(=S)NC(c3ccccn3)C2c2cc(C)n(-c3cccc(OC)c3)c2C)cc1. The van der Waals surface area contributed by atoms with Crippen molar-refractivity contribution in [3.63, 3.8) is 0 Å². The van der Waals surface area contributed by atoms with Crippen LogP contribution in [0.2, 0.25) is 0 Å². The minimum Gasteiger partial charge on any atom is -0.497 e. The zero-order valence-corrected chi connectivity index (χ0v) is 21.8. The van der Waals surface area contributed by atoms with Crippen molar-refractivity contribution in [2.75, 3.05) is 14.2 Å². The summed E-state index contributed by atoms with van der Waals surface area (Å²) in [6.45, 7) is 4.98. The number of nitrogens with one attached hydrogen (secondary N) is 1. The lowest BCUT2D eigenvalue weighted by atomic mass is 9.96. The van der Waals surface area contributed by atoms with Gasteiger partial charge in [0.15, 0.2) is 5.11 Å². The number of methoxy groups -OCH3 is 2. The van der Waals surface area contributed by atoms with Crippen LogP contribution in [0, 0.1) is 13.8 Å². The van der Waals surface area contributed by atoms with Gasteiger partial charge in [-0.15, -0.1) is 0 Å². The van der Waals surface area contributed by atoms with Gasteiger partial charge in [0.25, 0.3) is 0 Å². The fraction of sp³-hybridized carbons (Fsp3) is 0.241. The zero-order chi connectivity index (χ0) is 25.2. The minimum atomic E-state index is -0.0730. The first-order valence-corrected chi connectivity index (χ1v) is 12.3. The minimum absolute atomic E-state index is 0.0277. The normalized spacial score (nSPS) is 17.2. The summed E-state index contributed by atoms with van der Waals surface area (Å²) in [5, 5.41) is 4.29. The third kappa shape index (κ3) is 4.42. The largest absolute Gasteiger partial charge is 0.497 e. The Bertz CT molecular complexity index is 1370. The fourth-order valence-corrected chi connectivity index (χ4v) is 5.38. The lowest BCUT2D eigenvalue weighted by molar-refractivity contribution is 0.310. The molecule has 0 radical (unpaired) electrons. The highest BCUT2D eigenvalue weighted by molar-refractivity contribution is 7.80. The molecule has 0 bridgehead atoms. The third-order valence-electron chi connectivity index (χ3n) is 6.81. The number of hydrogen-bond acceptors (Lipinski definition) is 4. The summed E-state index contributed by atoms with van der Waals surface area (Å²) >= 11 is 5.89. The van der Waals surface area contributed by atoms with Crippen LogP contribution in [0.15, 0.2) is 79.0 Å². The molecule has 3 heterocycles. The molecule has 0 spiro atoms. The lowest BCUT2D eigenvalue weighted by Gasteiger charge is -2.28. The van der Waals surface area contributed by atoms with Gasteiger partial charge in [0.05, 0.1) is 32.0 Å². The maximum absolute atomic E-state index is 5.89. The molecule has 1 saturated heterocycles. The maximum Gasteiger partial charge on any atom is 0.170 e. The molecule has 2 unspecified atom stereocenters. The van der Waals surface area contributed by atoms with Crippen molar-refractivity contribution < 1.29 is 9.47 Å². The highest BCUT2D eigenvalue weighted by atomic mass is 32.1. The van der Waals surface area contributed by atoms with Crippen LogP contribution in [0.4, 0.5) is 0 Å². The van der Waals surface area contributed by atoms with Gasteiger partial charge in [-0.25, -0.2) is 0 Å². The van der Waals surface area contributed by atoms with Crippen molar-refractivity contribution in [2.24, 2.45) is 0 Å².